The van der Waals surface area contributed by atoms with Crippen molar-refractivity contribution in [3.8, 4) is 17.0 Å². The van der Waals surface area contributed by atoms with Crippen LogP contribution >= 0.6 is 0 Å². The lowest BCUT2D eigenvalue weighted by molar-refractivity contribution is 0.263. The molecule has 4 nitrogen and oxygen atoms in total. The second-order valence-electron chi connectivity index (χ2n) is 5.83. The molecule has 0 bridgehead atoms. The second kappa shape index (κ2) is 6.36. The molecule has 1 saturated heterocycles. The van der Waals surface area contributed by atoms with Gasteiger partial charge in [0.25, 0.3) is 0 Å². The highest BCUT2D eigenvalue weighted by molar-refractivity contribution is 5.73. The summed E-state index contributed by atoms with van der Waals surface area (Å²) in [5.74, 6) is 0.647. The molecule has 0 spiro atoms. The lowest BCUT2D eigenvalue weighted by Gasteiger charge is -2.24. The van der Waals surface area contributed by atoms with Crippen LogP contribution in [0.3, 0.4) is 0 Å². The van der Waals surface area contributed by atoms with E-state index >= 15 is 0 Å². The van der Waals surface area contributed by atoms with Crippen molar-refractivity contribution in [2.45, 2.75) is 25.8 Å². The predicted octanol–water partition coefficient (Wildman–Crippen LogP) is 3.50. The third kappa shape index (κ3) is 2.79. The Morgan fingerprint density at radius 3 is 2.73 bits per heavy atom. The summed E-state index contributed by atoms with van der Waals surface area (Å²) in [4.78, 5) is 6.99. The second-order valence-corrected chi connectivity index (χ2v) is 5.83. The molecule has 1 aromatic heterocycles. The molecule has 3 rings (SSSR count). The number of methoxy groups -OCH3 is 1. The molecule has 0 amide bonds. The van der Waals surface area contributed by atoms with Gasteiger partial charge in [-0.15, -0.1) is 0 Å². The summed E-state index contributed by atoms with van der Waals surface area (Å²) < 4.78 is 5.43. The molecule has 0 aliphatic carbocycles. The number of hydrogen-bond donors (Lipinski definition) is 1. The quantitative estimate of drug-likeness (QED) is 0.938. The van der Waals surface area contributed by atoms with Gasteiger partial charge in [0.15, 0.2) is 5.75 Å². The Bertz CT molecular complexity index is 651. The minimum Gasteiger partial charge on any atom is -0.492 e. The van der Waals surface area contributed by atoms with Crippen molar-refractivity contribution in [2.24, 2.45) is 0 Å². The number of likely N-dealkylation sites (tertiary alicyclic amines) is 1. The molecule has 1 aromatic carbocycles. The fourth-order valence-electron chi connectivity index (χ4n) is 3.17. The molecule has 2 aromatic rings. The van der Waals surface area contributed by atoms with Gasteiger partial charge >= 0.3 is 0 Å². The minimum absolute atomic E-state index is 0.425. The van der Waals surface area contributed by atoms with E-state index in [0.29, 0.717) is 17.5 Å². The third-order valence-corrected chi connectivity index (χ3v) is 4.47. The van der Waals surface area contributed by atoms with Gasteiger partial charge in [-0.25, -0.2) is 0 Å². The molecule has 1 atom stereocenters. The SMILES string of the molecule is COc1c(N)ccnc1-c1cccc(C(C)N2CCCC2)c1. The van der Waals surface area contributed by atoms with Gasteiger partial charge in [-0.3, -0.25) is 9.88 Å². The summed E-state index contributed by atoms with van der Waals surface area (Å²) in [5, 5.41) is 0. The van der Waals surface area contributed by atoms with E-state index in [1.54, 1.807) is 19.4 Å². The van der Waals surface area contributed by atoms with E-state index in [2.05, 4.69) is 41.1 Å². The van der Waals surface area contributed by atoms with Crippen LogP contribution in [0.1, 0.15) is 31.4 Å². The number of benzene rings is 1. The van der Waals surface area contributed by atoms with Gasteiger partial charge < -0.3 is 10.5 Å². The number of nitrogen functional groups attached to an aromatic ring is 1. The molecule has 0 radical (unpaired) electrons. The van der Waals surface area contributed by atoms with Gasteiger partial charge in [-0.05, 0) is 50.6 Å². The number of anilines is 1. The molecule has 0 saturated carbocycles. The Kier molecular flexibility index (Phi) is 4.29. The number of nitrogens with two attached hydrogens (primary N) is 1. The first kappa shape index (κ1) is 14.9. The molecule has 1 fully saturated rings. The number of hydrogen-bond acceptors (Lipinski definition) is 4. The first-order valence-corrected chi connectivity index (χ1v) is 7.83. The summed E-state index contributed by atoms with van der Waals surface area (Å²) in [7, 11) is 1.63. The van der Waals surface area contributed by atoms with Crippen LogP contribution in [0, 0.1) is 0 Å². The lowest BCUT2D eigenvalue weighted by atomic mass is 10.0. The average Bonchev–Trinajstić information content (AvgIpc) is 3.08. The Hall–Kier alpha value is -2.07. The van der Waals surface area contributed by atoms with E-state index in [0.717, 1.165) is 11.3 Å². The normalized spacial score (nSPS) is 16.6. The molecule has 116 valence electrons. The van der Waals surface area contributed by atoms with Crippen molar-refractivity contribution in [1.29, 1.82) is 0 Å². The standard InChI is InChI=1S/C18H23N3O/c1-13(21-10-3-4-11-21)14-6-5-7-15(12-14)17-18(22-2)16(19)8-9-20-17/h5-9,12-13H,3-4,10-11H2,1-2H3,(H2,19,20). The largest absolute Gasteiger partial charge is 0.492 e. The van der Waals surface area contributed by atoms with Crippen LogP contribution in [0.15, 0.2) is 36.5 Å². The van der Waals surface area contributed by atoms with Crippen LogP contribution in [0.5, 0.6) is 5.75 Å². The number of ether oxygens (including phenoxy) is 1. The van der Waals surface area contributed by atoms with Crippen molar-refractivity contribution in [3.63, 3.8) is 0 Å². The molecule has 2 N–H and O–H groups in total. The smallest absolute Gasteiger partial charge is 0.167 e. The van der Waals surface area contributed by atoms with Gasteiger partial charge in [0, 0.05) is 17.8 Å². The van der Waals surface area contributed by atoms with Gasteiger partial charge in [0.05, 0.1) is 12.8 Å². The Morgan fingerprint density at radius 2 is 2.00 bits per heavy atom. The van der Waals surface area contributed by atoms with E-state index in [4.69, 9.17) is 10.5 Å². The highest BCUT2D eigenvalue weighted by atomic mass is 16.5. The number of rotatable bonds is 4. The zero-order chi connectivity index (χ0) is 15.5. The van der Waals surface area contributed by atoms with Crippen LogP contribution < -0.4 is 10.5 Å². The van der Waals surface area contributed by atoms with Crippen LogP contribution in [0.2, 0.25) is 0 Å². The van der Waals surface area contributed by atoms with Crippen molar-refractivity contribution in [1.82, 2.24) is 9.88 Å². The number of aromatic nitrogens is 1. The maximum atomic E-state index is 5.99. The van der Waals surface area contributed by atoms with Crippen LogP contribution in [0.4, 0.5) is 5.69 Å². The maximum Gasteiger partial charge on any atom is 0.167 e. The van der Waals surface area contributed by atoms with E-state index in [1.807, 2.05) is 0 Å². The van der Waals surface area contributed by atoms with Crippen molar-refractivity contribution >= 4 is 5.69 Å². The van der Waals surface area contributed by atoms with Gasteiger partial charge in [0.1, 0.15) is 5.69 Å². The Morgan fingerprint density at radius 1 is 1.23 bits per heavy atom. The van der Waals surface area contributed by atoms with Gasteiger partial charge in [0.2, 0.25) is 0 Å². The van der Waals surface area contributed by atoms with Crippen LogP contribution in [-0.2, 0) is 0 Å². The zero-order valence-electron chi connectivity index (χ0n) is 13.2. The highest BCUT2D eigenvalue weighted by Gasteiger charge is 2.20. The van der Waals surface area contributed by atoms with Crippen molar-refractivity contribution in [3.05, 3.63) is 42.1 Å². The predicted molar refractivity (Wildman–Crippen MR) is 89.9 cm³/mol. The number of nitrogens with zero attached hydrogens (tertiary/aromatic N) is 2. The van der Waals surface area contributed by atoms with Gasteiger partial charge in [-0.1, -0.05) is 18.2 Å². The van der Waals surface area contributed by atoms with Gasteiger partial charge in [-0.2, -0.15) is 0 Å². The topological polar surface area (TPSA) is 51.4 Å². The molecule has 2 heterocycles. The fourth-order valence-corrected chi connectivity index (χ4v) is 3.17. The summed E-state index contributed by atoms with van der Waals surface area (Å²) in [6.07, 6.45) is 4.33. The molecule has 1 aliphatic heterocycles. The summed E-state index contributed by atoms with van der Waals surface area (Å²) in [5.41, 5.74) is 9.77. The monoisotopic (exact) mass is 297 g/mol. The maximum absolute atomic E-state index is 5.99. The van der Waals surface area contributed by atoms with Crippen molar-refractivity contribution < 1.29 is 4.74 Å². The van der Waals surface area contributed by atoms with Crippen LogP contribution in [-0.4, -0.2) is 30.1 Å². The Balaban J connectivity index is 1.96. The third-order valence-electron chi connectivity index (χ3n) is 4.47. The van der Waals surface area contributed by atoms with Crippen LogP contribution in [0.25, 0.3) is 11.3 Å². The van der Waals surface area contributed by atoms with E-state index in [-0.39, 0.29) is 0 Å². The Labute approximate surface area is 131 Å². The first-order valence-electron chi connectivity index (χ1n) is 7.83. The fraction of sp³-hybridized carbons (Fsp3) is 0.389. The first-order chi connectivity index (χ1) is 10.7. The summed E-state index contributed by atoms with van der Waals surface area (Å²) in [6.45, 7) is 4.64. The molecule has 1 aliphatic rings. The zero-order valence-corrected chi connectivity index (χ0v) is 13.2. The lowest BCUT2D eigenvalue weighted by Crippen LogP contribution is -2.23. The molecule has 22 heavy (non-hydrogen) atoms. The number of pyridine rings is 1. The molecule has 4 heteroatoms. The minimum atomic E-state index is 0.425. The molecular weight excluding hydrogens is 274 g/mol. The summed E-state index contributed by atoms with van der Waals surface area (Å²) in [6, 6.07) is 10.7. The molecule has 1 unspecified atom stereocenters. The highest BCUT2D eigenvalue weighted by Crippen LogP contribution is 2.34. The average molecular weight is 297 g/mol. The van der Waals surface area contributed by atoms with Crippen molar-refractivity contribution in [2.75, 3.05) is 25.9 Å². The van der Waals surface area contributed by atoms with E-state index in [9.17, 15) is 0 Å². The van der Waals surface area contributed by atoms with E-state index in [1.165, 1.54) is 31.5 Å². The van der Waals surface area contributed by atoms with E-state index < -0.39 is 0 Å². The molecular formula is C18H23N3O. The summed E-state index contributed by atoms with van der Waals surface area (Å²) >= 11 is 0.